The number of phenols is 1. The van der Waals surface area contributed by atoms with Crippen LogP contribution in [0.2, 0.25) is 0 Å². The minimum atomic E-state index is 0.145. The van der Waals surface area contributed by atoms with Crippen molar-refractivity contribution in [3.63, 3.8) is 0 Å². The van der Waals surface area contributed by atoms with E-state index in [2.05, 4.69) is 42.0 Å². The summed E-state index contributed by atoms with van der Waals surface area (Å²) in [5.74, 6) is 1.57. The second kappa shape index (κ2) is 8.93. The molecule has 0 saturated carbocycles. The van der Waals surface area contributed by atoms with Gasteiger partial charge in [0.2, 0.25) is 4.80 Å². The highest BCUT2D eigenvalue weighted by Crippen LogP contribution is 2.34. The van der Waals surface area contributed by atoms with Gasteiger partial charge in [-0.3, -0.25) is 4.99 Å². The molecule has 0 fully saturated rings. The Bertz CT molecular complexity index is 1080. The first kappa shape index (κ1) is 20.6. The molecular weight excluding hydrogens is 510 g/mol. The summed E-state index contributed by atoms with van der Waals surface area (Å²) >= 11 is 8.14. The molecule has 1 N–H and O–H groups in total. The normalized spacial score (nSPS) is 12.0. The lowest BCUT2D eigenvalue weighted by atomic mass is 10.1. The van der Waals surface area contributed by atoms with Crippen LogP contribution >= 0.6 is 43.2 Å². The van der Waals surface area contributed by atoms with Crippen LogP contribution in [0, 0.1) is 0 Å². The fraction of sp³-hybridized carbons (Fsp3) is 0.158. The molecule has 0 radical (unpaired) electrons. The van der Waals surface area contributed by atoms with E-state index in [9.17, 15) is 5.11 Å². The summed E-state index contributed by atoms with van der Waals surface area (Å²) in [5, 5.41) is 16.5. The highest BCUT2D eigenvalue weighted by Gasteiger charge is 2.14. The van der Waals surface area contributed by atoms with Crippen LogP contribution < -0.4 is 14.3 Å². The lowest BCUT2D eigenvalue weighted by Crippen LogP contribution is -2.11. The van der Waals surface area contributed by atoms with Crippen molar-refractivity contribution in [2.75, 3.05) is 21.3 Å². The van der Waals surface area contributed by atoms with Gasteiger partial charge >= 0.3 is 0 Å². The molecule has 0 spiro atoms. The minimum absolute atomic E-state index is 0.145. The average molecular weight is 527 g/mol. The van der Waals surface area contributed by atoms with Gasteiger partial charge in [0.25, 0.3) is 0 Å². The molecule has 0 atom stereocenters. The van der Waals surface area contributed by atoms with Gasteiger partial charge in [0.15, 0.2) is 0 Å². The first-order valence-corrected chi connectivity index (χ1v) is 10.5. The maximum Gasteiger partial charge on any atom is 0.205 e. The van der Waals surface area contributed by atoms with Crippen molar-refractivity contribution in [1.29, 1.82) is 0 Å². The molecule has 9 heteroatoms. The van der Waals surface area contributed by atoms with Gasteiger partial charge < -0.3 is 14.6 Å². The van der Waals surface area contributed by atoms with Crippen LogP contribution in [0.15, 0.2) is 54.8 Å². The standard InChI is InChI=1S/C19H17Br2N3O3S/c1-22-19-24(23-9-11-6-14(20)18(25)15(21)7-11)16(10-28-19)13-8-12(26-2)4-5-17(13)27-3/h4-10,25H,1-3H3. The zero-order valence-electron chi connectivity index (χ0n) is 15.3. The Hall–Kier alpha value is -2.10. The highest BCUT2D eigenvalue weighted by molar-refractivity contribution is 9.11. The average Bonchev–Trinajstić information content (AvgIpc) is 3.12. The van der Waals surface area contributed by atoms with Gasteiger partial charge in [-0.2, -0.15) is 5.10 Å². The van der Waals surface area contributed by atoms with Gasteiger partial charge in [-0.05, 0) is 67.8 Å². The third-order valence-electron chi connectivity index (χ3n) is 3.92. The SMILES string of the molecule is CN=c1scc(-c2cc(OC)ccc2OC)n1N=Cc1cc(Br)c(O)c(Br)c1. The smallest absolute Gasteiger partial charge is 0.205 e. The molecule has 0 aliphatic rings. The number of phenolic OH excluding ortho intramolecular Hbond substituents is 1. The Morgan fingerprint density at radius 1 is 1.11 bits per heavy atom. The number of nitrogens with zero attached hydrogens (tertiary/aromatic N) is 3. The number of thiazole rings is 1. The van der Waals surface area contributed by atoms with Gasteiger partial charge in [-0.1, -0.05) is 0 Å². The number of methoxy groups -OCH3 is 2. The van der Waals surface area contributed by atoms with Gasteiger partial charge in [0.05, 0.1) is 35.1 Å². The third-order valence-corrected chi connectivity index (χ3v) is 6.04. The number of aromatic hydroxyl groups is 1. The number of benzene rings is 2. The Labute approximate surface area is 183 Å². The summed E-state index contributed by atoms with van der Waals surface area (Å²) in [5.41, 5.74) is 2.48. The van der Waals surface area contributed by atoms with E-state index in [1.807, 2.05) is 23.6 Å². The van der Waals surface area contributed by atoms with Gasteiger partial charge in [0.1, 0.15) is 17.2 Å². The van der Waals surface area contributed by atoms with Crippen molar-refractivity contribution in [2.45, 2.75) is 0 Å². The molecule has 0 aliphatic heterocycles. The largest absolute Gasteiger partial charge is 0.506 e. The van der Waals surface area contributed by atoms with Crippen LogP contribution in [0.25, 0.3) is 11.3 Å². The third kappa shape index (κ3) is 4.16. The Balaban J connectivity index is 2.13. The minimum Gasteiger partial charge on any atom is -0.506 e. The number of hydrogen-bond donors (Lipinski definition) is 1. The number of aromatic nitrogens is 1. The molecule has 2 aromatic carbocycles. The van der Waals surface area contributed by atoms with Crippen molar-refractivity contribution >= 4 is 49.4 Å². The van der Waals surface area contributed by atoms with Gasteiger partial charge in [-0.15, -0.1) is 11.3 Å². The highest BCUT2D eigenvalue weighted by atomic mass is 79.9. The summed E-state index contributed by atoms with van der Waals surface area (Å²) in [6.45, 7) is 0. The van der Waals surface area contributed by atoms with E-state index in [0.29, 0.717) is 14.7 Å². The molecular formula is C19H17Br2N3O3S. The van der Waals surface area contributed by atoms with E-state index in [1.165, 1.54) is 11.3 Å². The van der Waals surface area contributed by atoms with Gasteiger partial charge in [-0.25, -0.2) is 4.68 Å². The predicted octanol–water partition coefficient (Wildman–Crippen LogP) is 4.88. The molecule has 0 bridgehead atoms. The summed E-state index contributed by atoms with van der Waals surface area (Å²) in [6, 6.07) is 9.17. The Morgan fingerprint density at radius 2 is 1.82 bits per heavy atom. The molecule has 1 heterocycles. The molecule has 0 saturated heterocycles. The van der Waals surface area contributed by atoms with Crippen molar-refractivity contribution in [1.82, 2.24) is 4.68 Å². The monoisotopic (exact) mass is 525 g/mol. The molecule has 28 heavy (non-hydrogen) atoms. The maximum atomic E-state index is 9.88. The molecule has 0 unspecified atom stereocenters. The van der Waals surface area contributed by atoms with Crippen molar-refractivity contribution in [2.24, 2.45) is 10.1 Å². The summed E-state index contributed by atoms with van der Waals surface area (Å²) in [7, 11) is 4.97. The van der Waals surface area contributed by atoms with Crippen LogP contribution in [-0.2, 0) is 0 Å². The topological polar surface area (TPSA) is 68.3 Å². The maximum absolute atomic E-state index is 9.88. The van der Waals surface area contributed by atoms with Gasteiger partial charge in [0, 0.05) is 18.0 Å². The lowest BCUT2D eigenvalue weighted by Gasteiger charge is -2.11. The van der Waals surface area contributed by atoms with Crippen molar-refractivity contribution < 1.29 is 14.6 Å². The molecule has 1 aromatic heterocycles. The molecule has 0 aliphatic carbocycles. The second-order valence-corrected chi connectivity index (χ2v) is 8.13. The lowest BCUT2D eigenvalue weighted by molar-refractivity contribution is 0.404. The quantitative estimate of drug-likeness (QED) is 0.482. The Morgan fingerprint density at radius 3 is 2.43 bits per heavy atom. The van der Waals surface area contributed by atoms with E-state index >= 15 is 0 Å². The van der Waals surface area contributed by atoms with Crippen LogP contribution in [-0.4, -0.2) is 37.3 Å². The fourth-order valence-corrected chi connectivity index (χ4v) is 4.56. The van der Waals surface area contributed by atoms with Crippen LogP contribution in [0.4, 0.5) is 0 Å². The number of rotatable bonds is 5. The van der Waals surface area contributed by atoms with Crippen molar-refractivity contribution in [3.05, 3.63) is 55.0 Å². The van der Waals surface area contributed by atoms with E-state index in [0.717, 1.165) is 27.4 Å². The van der Waals surface area contributed by atoms with Crippen LogP contribution in [0.1, 0.15) is 5.56 Å². The van der Waals surface area contributed by atoms with E-state index in [4.69, 9.17) is 9.47 Å². The first-order valence-electron chi connectivity index (χ1n) is 8.06. The summed E-state index contributed by atoms with van der Waals surface area (Å²) < 4.78 is 13.8. The fourth-order valence-electron chi connectivity index (χ4n) is 2.55. The zero-order chi connectivity index (χ0) is 20.3. The number of hydrogen-bond acceptors (Lipinski definition) is 6. The second-order valence-electron chi connectivity index (χ2n) is 5.58. The zero-order valence-corrected chi connectivity index (χ0v) is 19.3. The molecule has 6 nitrogen and oxygen atoms in total. The number of ether oxygens (including phenoxy) is 2. The summed E-state index contributed by atoms with van der Waals surface area (Å²) in [4.78, 5) is 5.04. The predicted molar refractivity (Wildman–Crippen MR) is 119 cm³/mol. The summed E-state index contributed by atoms with van der Waals surface area (Å²) in [6.07, 6.45) is 1.70. The van der Waals surface area contributed by atoms with E-state index in [1.54, 1.807) is 44.3 Å². The Kier molecular flexibility index (Phi) is 6.58. The molecule has 0 amide bonds. The molecule has 146 valence electrons. The molecule has 3 aromatic rings. The van der Waals surface area contributed by atoms with Crippen molar-refractivity contribution in [3.8, 4) is 28.5 Å². The van der Waals surface area contributed by atoms with Crippen LogP contribution in [0.3, 0.4) is 0 Å². The van der Waals surface area contributed by atoms with Crippen LogP contribution in [0.5, 0.6) is 17.2 Å². The number of halogens is 2. The first-order chi connectivity index (χ1) is 13.5. The van der Waals surface area contributed by atoms with E-state index in [-0.39, 0.29) is 5.75 Å². The molecule has 3 rings (SSSR count). The van der Waals surface area contributed by atoms with E-state index < -0.39 is 0 Å².